The van der Waals surface area contributed by atoms with Gasteiger partial charge in [-0.15, -0.1) is 10.2 Å². The van der Waals surface area contributed by atoms with Crippen LogP contribution in [0.4, 0.5) is 0 Å². The molecule has 0 bridgehead atoms. The van der Waals surface area contributed by atoms with Crippen LogP contribution in [0.5, 0.6) is 5.75 Å². The van der Waals surface area contributed by atoms with Crippen molar-refractivity contribution in [2.45, 2.75) is 19.0 Å². The van der Waals surface area contributed by atoms with E-state index in [4.69, 9.17) is 15.0 Å². The lowest BCUT2D eigenvalue weighted by Crippen LogP contribution is -2.12. The zero-order chi connectivity index (χ0) is 16.2. The summed E-state index contributed by atoms with van der Waals surface area (Å²) >= 11 is 1.49. The second-order valence-corrected chi connectivity index (χ2v) is 6.13. The summed E-state index contributed by atoms with van der Waals surface area (Å²) in [5.41, 5.74) is 2.27. The van der Waals surface area contributed by atoms with E-state index in [1.54, 1.807) is 18.4 Å². The van der Waals surface area contributed by atoms with E-state index in [-0.39, 0.29) is 0 Å². The molecule has 0 aliphatic carbocycles. The number of benzene rings is 1. The van der Waals surface area contributed by atoms with Crippen LogP contribution in [0.3, 0.4) is 0 Å². The van der Waals surface area contributed by atoms with Gasteiger partial charge in [-0.1, -0.05) is 30.0 Å². The van der Waals surface area contributed by atoms with E-state index in [9.17, 15) is 0 Å². The fourth-order valence-corrected chi connectivity index (χ4v) is 2.93. The Morgan fingerprint density at radius 2 is 1.96 bits per heavy atom. The third kappa shape index (κ3) is 3.34. The third-order valence-corrected chi connectivity index (χ3v) is 4.28. The molecule has 23 heavy (non-hydrogen) atoms. The maximum atomic E-state index is 6.01. The molecule has 0 fully saturated rings. The smallest absolute Gasteiger partial charge is 0.218 e. The van der Waals surface area contributed by atoms with Crippen LogP contribution < -0.4 is 10.6 Å². The first-order valence-corrected chi connectivity index (χ1v) is 8.21. The lowest BCUT2D eigenvalue weighted by Gasteiger charge is -2.11. The highest BCUT2D eigenvalue weighted by Gasteiger charge is 2.14. The Hall–Kier alpha value is -2.41. The van der Waals surface area contributed by atoms with Crippen LogP contribution in [-0.2, 0) is 0 Å². The number of hydrogen-bond donors (Lipinski definition) is 1. The molecule has 0 unspecified atom stereocenters. The molecule has 0 aliphatic rings. The molecule has 7 heteroatoms. The summed E-state index contributed by atoms with van der Waals surface area (Å²) < 4.78 is 12.6. The number of thioether (sulfide) groups is 1. The second-order valence-electron chi connectivity index (χ2n) is 5.07. The maximum Gasteiger partial charge on any atom is 0.218 e. The van der Waals surface area contributed by atoms with Gasteiger partial charge in [-0.2, -0.15) is 0 Å². The van der Waals surface area contributed by atoms with Gasteiger partial charge in [-0.3, -0.25) is 0 Å². The monoisotopic (exact) mass is 330 g/mol. The molecular formula is C16H18N4O2S. The highest BCUT2D eigenvalue weighted by Crippen LogP contribution is 2.24. The average molecular weight is 330 g/mol. The number of hydrogen-bond acceptors (Lipinski definition) is 6. The molecule has 2 heterocycles. The van der Waals surface area contributed by atoms with Gasteiger partial charge < -0.3 is 15.0 Å². The highest BCUT2D eigenvalue weighted by molar-refractivity contribution is 7.99. The van der Waals surface area contributed by atoms with Crippen LogP contribution in [0.1, 0.15) is 11.1 Å². The summed E-state index contributed by atoms with van der Waals surface area (Å²) in [5.74, 6) is 8.78. The van der Waals surface area contributed by atoms with Gasteiger partial charge in [0.25, 0.3) is 0 Å². The Morgan fingerprint density at radius 1 is 1.17 bits per heavy atom. The molecule has 1 aromatic carbocycles. The Kier molecular flexibility index (Phi) is 4.57. The second kappa shape index (κ2) is 6.78. The van der Waals surface area contributed by atoms with Crippen molar-refractivity contribution in [1.82, 2.24) is 14.9 Å². The summed E-state index contributed by atoms with van der Waals surface area (Å²) in [6.07, 6.45) is 1.58. The van der Waals surface area contributed by atoms with E-state index in [2.05, 4.69) is 10.2 Å². The van der Waals surface area contributed by atoms with Gasteiger partial charge in [0.2, 0.25) is 11.0 Å². The summed E-state index contributed by atoms with van der Waals surface area (Å²) in [4.78, 5) is 0. The first-order chi connectivity index (χ1) is 11.2. The van der Waals surface area contributed by atoms with Gasteiger partial charge in [0, 0.05) is 5.75 Å². The van der Waals surface area contributed by atoms with E-state index in [0.717, 1.165) is 22.6 Å². The fourth-order valence-electron chi connectivity index (χ4n) is 2.25. The zero-order valence-electron chi connectivity index (χ0n) is 13.0. The van der Waals surface area contributed by atoms with Gasteiger partial charge in [0.1, 0.15) is 5.75 Å². The van der Waals surface area contributed by atoms with E-state index < -0.39 is 0 Å². The molecule has 3 rings (SSSR count). The van der Waals surface area contributed by atoms with Gasteiger partial charge in [-0.25, -0.2) is 4.68 Å². The Morgan fingerprint density at radius 3 is 2.65 bits per heavy atom. The van der Waals surface area contributed by atoms with Crippen molar-refractivity contribution >= 4 is 11.8 Å². The van der Waals surface area contributed by atoms with Gasteiger partial charge in [0.15, 0.2) is 5.76 Å². The van der Waals surface area contributed by atoms with E-state index in [1.807, 2.05) is 32.0 Å². The van der Waals surface area contributed by atoms with Crippen LogP contribution in [0, 0.1) is 13.8 Å². The van der Waals surface area contributed by atoms with Gasteiger partial charge >= 0.3 is 0 Å². The molecule has 0 saturated heterocycles. The zero-order valence-corrected chi connectivity index (χ0v) is 13.8. The fraction of sp³-hybridized carbons (Fsp3) is 0.250. The number of para-hydroxylation sites is 1. The minimum Gasteiger partial charge on any atom is -0.492 e. The average Bonchev–Trinajstić information content (AvgIpc) is 3.16. The standard InChI is InChI=1S/C16H18N4O2S/c1-11-5-3-6-12(2)14(11)22-9-10-23-16-19-18-15(20(16)17)13-7-4-8-21-13/h3-8H,9-10,17H2,1-2H3. The number of nitrogens with two attached hydrogens (primary N) is 1. The van der Waals surface area contributed by atoms with Crippen molar-refractivity contribution in [3.8, 4) is 17.3 Å². The molecule has 120 valence electrons. The van der Waals surface area contributed by atoms with E-state index in [1.165, 1.54) is 16.4 Å². The molecule has 0 spiro atoms. The number of aryl methyl sites for hydroxylation is 2. The third-order valence-electron chi connectivity index (χ3n) is 3.38. The van der Waals surface area contributed by atoms with Crippen LogP contribution >= 0.6 is 11.8 Å². The number of furan rings is 1. The summed E-state index contributed by atoms with van der Waals surface area (Å²) in [5, 5.41) is 8.77. The van der Waals surface area contributed by atoms with Crippen LogP contribution in [0.25, 0.3) is 11.6 Å². The largest absolute Gasteiger partial charge is 0.492 e. The SMILES string of the molecule is Cc1cccc(C)c1OCCSc1nnc(-c2ccco2)n1N. The lowest BCUT2D eigenvalue weighted by molar-refractivity contribution is 0.339. The Bertz CT molecular complexity index is 763. The normalized spacial score (nSPS) is 10.9. The molecule has 0 saturated carbocycles. The van der Waals surface area contributed by atoms with Crippen LogP contribution in [0.2, 0.25) is 0 Å². The topological polar surface area (TPSA) is 79.1 Å². The molecule has 3 aromatic rings. The highest BCUT2D eigenvalue weighted by atomic mass is 32.2. The molecule has 0 atom stereocenters. The lowest BCUT2D eigenvalue weighted by atomic mass is 10.1. The molecule has 0 amide bonds. The van der Waals surface area contributed by atoms with Gasteiger partial charge in [-0.05, 0) is 37.1 Å². The first kappa shape index (κ1) is 15.5. The number of rotatable bonds is 6. The summed E-state index contributed by atoms with van der Waals surface area (Å²) in [6.45, 7) is 4.66. The van der Waals surface area contributed by atoms with Crippen molar-refractivity contribution in [2.24, 2.45) is 0 Å². The summed E-state index contributed by atoms with van der Waals surface area (Å²) in [7, 11) is 0. The quantitative estimate of drug-likeness (QED) is 0.425. The van der Waals surface area contributed by atoms with Crippen molar-refractivity contribution in [3.63, 3.8) is 0 Å². The molecule has 2 N–H and O–H groups in total. The van der Waals surface area contributed by atoms with Crippen LogP contribution in [0.15, 0.2) is 46.2 Å². The van der Waals surface area contributed by atoms with Gasteiger partial charge in [0.05, 0.1) is 12.9 Å². The molecule has 0 radical (unpaired) electrons. The number of nitrogen functional groups attached to an aromatic ring is 1. The number of nitrogens with zero attached hydrogens (tertiary/aromatic N) is 3. The molecular weight excluding hydrogens is 312 g/mol. The minimum absolute atomic E-state index is 0.508. The summed E-state index contributed by atoms with van der Waals surface area (Å²) in [6, 6.07) is 9.70. The molecule has 0 aliphatic heterocycles. The molecule has 6 nitrogen and oxygen atoms in total. The Balaban J connectivity index is 1.58. The number of ether oxygens (including phenoxy) is 1. The predicted molar refractivity (Wildman–Crippen MR) is 90.0 cm³/mol. The predicted octanol–water partition coefficient (Wildman–Crippen LogP) is 3.04. The molecule has 2 aromatic heterocycles. The maximum absolute atomic E-state index is 6.01. The van der Waals surface area contributed by atoms with Crippen molar-refractivity contribution < 1.29 is 9.15 Å². The van der Waals surface area contributed by atoms with E-state index >= 15 is 0 Å². The van der Waals surface area contributed by atoms with Crippen molar-refractivity contribution in [3.05, 3.63) is 47.7 Å². The Labute approximate surface area is 138 Å². The van der Waals surface area contributed by atoms with Crippen LogP contribution in [-0.4, -0.2) is 27.2 Å². The van der Waals surface area contributed by atoms with E-state index in [0.29, 0.717) is 23.3 Å². The van der Waals surface area contributed by atoms with Crippen molar-refractivity contribution in [1.29, 1.82) is 0 Å². The first-order valence-electron chi connectivity index (χ1n) is 7.23. The minimum atomic E-state index is 0.508. The number of aromatic nitrogens is 3. The van der Waals surface area contributed by atoms with Crippen molar-refractivity contribution in [2.75, 3.05) is 18.2 Å².